The zero-order valence-corrected chi connectivity index (χ0v) is 22.3. The minimum atomic E-state index is -4.84. The third-order valence-electron chi connectivity index (χ3n) is 7.02. The summed E-state index contributed by atoms with van der Waals surface area (Å²) < 4.78 is 42.2. The number of para-hydroxylation sites is 1. The van der Waals surface area contributed by atoms with Crippen LogP contribution in [0.1, 0.15) is 36.8 Å². The second-order valence-electron chi connectivity index (χ2n) is 10.0. The van der Waals surface area contributed by atoms with Crippen molar-refractivity contribution in [2.45, 2.75) is 57.1 Å². The Bertz CT molecular complexity index is 1270. The quantitative estimate of drug-likeness (QED) is 0.163. The highest BCUT2D eigenvalue weighted by molar-refractivity contribution is 5.57. The maximum Gasteiger partial charge on any atom is 0.573 e. The number of nitro groups is 1. The van der Waals surface area contributed by atoms with Crippen LogP contribution < -0.4 is 20.7 Å². The summed E-state index contributed by atoms with van der Waals surface area (Å²) >= 11 is 0. The Morgan fingerprint density at radius 3 is 2.44 bits per heavy atom. The van der Waals surface area contributed by atoms with E-state index in [1.807, 2.05) is 30.3 Å². The normalized spacial score (nSPS) is 18.0. The van der Waals surface area contributed by atoms with Gasteiger partial charge in [0.05, 0.1) is 11.5 Å². The maximum absolute atomic E-state index is 12.7. The summed E-state index contributed by atoms with van der Waals surface area (Å²) in [5.41, 5.74) is 1.09. The number of aliphatic hydroxyl groups is 1. The van der Waals surface area contributed by atoms with Crippen LogP contribution in [0.2, 0.25) is 0 Å². The molecule has 0 aliphatic heterocycles. The molecule has 2 aromatic carbocycles. The van der Waals surface area contributed by atoms with Gasteiger partial charge < -0.3 is 25.8 Å². The van der Waals surface area contributed by atoms with Gasteiger partial charge in [-0.05, 0) is 49.7 Å². The largest absolute Gasteiger partial charge is 0.573 e. The Hall–Kier alpha value is -3.97. The van der Waals surface area contributed by atoms with Crippen LogP contribution in [0.5, 0.6) is 5.75 Å². The number of ether oxygens (including phenoxy) is 1. The molecule has 10 nitrogen and oxygen atoms in total. The van der Waals surface area contributed by atoms with Crippen LogP contribution in [0.25, 0.3) is 0 Å². The van der Waals surface area contributed by atoms with Crippen LogP contribution in [0.4, 0.5) is 30.6 Å². The van der Waals surface area contributed by atoms with Crippen molar-refractivity contribution in [3.8, 4) is 5.75 Å². The lowest BCUT2D eigenvalue weighted by atomic mass is 9.85. The Labute approximate surface area is 235 Å². The Kier molecular flexibility index (Phi) is 10.3. The number of aliphatic hydroxyl groups excluding tert-OH is 1. The van der Waals surface area contributed by atoms with Crippen LogP contribution in [-0.4, -0.2) is 51.6 Å². The highest BCUT2D eigenvalue weighted by Crippen LogP contribution is 2.29. The summed E-state index contributed by atoms with van der Waals surface area (Å²) in [5, 5.41) is 30.9. The SMILES string of the molecule is O=[N+]([O-])c1cnc(NCc2ccccc2OC(F)(F)F)nc1NC[C@H]1CC[C@H](N[C@H](CO)Cc2ccccc2)CC1. The molecule has 1 atom stereocenters. The second kappa shape index (κ2) is 14.1. The van der Waals surface area contributed by atoms with E-state index in [0.29, 0.717) is 6.54 Å². The third kappa shape index (κ3) is 9.29. The molecular weight excluding hydrogens is 541 g/mol. The van der Waals surface area contributed by atoms with E-state index in [1.165, 1.54) is 18.2 Å². The summed E-state index contributed by atoms with van der Waals surface area (Å²) in [5.74, 6) is -0.0209. The van der Waals surface area contributed by atoms with E-state index < -0.39 is 11.3 Å². The maximum atomic E-state index is 12.7. The van der Waals surface area contributed by atoms with Gasteiger partial charge in [-0.3, -0.25) is 10.1 Å². The highest BCUT2D eigenvalue weighted by Gasteiger charge is 2.32. The molecule has 0 spiro atoms. The molecule has 220 valence electrons. The van der Waals surface area contributed by atoms with Crippen LogP contribution in [0, 0.1) is 16.0 Å². The molecule has 3 aromatic rings. The van der Waals surface area contributed by atoms with Gasteiger partial charge in [0.2, 0.25) is 11.8 Å². The lowest BCUT2D eigenvalue weighted by Crippen LogP contribution is -2.44. The van der Waals surface area contributed by atoms with Gasteiger partial charge in [-0.2, -0.15) is 4.98 Å². The van der Waals surface area contributed by atoms with Crippen LogP contribution in [0.3, 0.4) is 0 Å². The van der Waals surface area contributed by atoms with Crippen molar-refractivity contribution in [2.75, 3.05) is 23.8 Å². The third-order valence-corrected chi connectivity index (χ3v) is 7.02. The van der Waals surface area contributed by atoms with Gasteiger partial charge in [-0.15, -0.1) is 13.2 Å². The molecule has 1 aliphatic carbocycles. The summed E-state index contributed by atoms with van der Waals surface area (Å²) in [6, 6.07) is 15.9. The van der Waals surface area contributed by atoms with E-state index in [4.69, 9.17) is 0 Å². The van der Waals surface area contributed by atoms with Crippen molar-refractivity contribution in [3.05, 3.63) is 82.0 Å². The molecular formula is C28H33F3N6O4. The van der Waals surface area contributed by atoms with Gasteiger partial charge in [0.1, 0.15) is 11.9 Å². The smallest absolute Gasteiger partial charge is 0.405 e. The number of hydrogen-bond acceptors (Lipinski definition) is 9. The molecule has 4 N–H and O–H groups in total. The minimum Gasteiger partial charge on any atom is -0.405 e. The standard InChI is InChI=1S/C28H33F3N6O4/c29-28(30,31)41-25-9-5-4-8-21(25)16-33-27-34-17-24(37(39)40)26(36-27)32-15-20-10-12-22(13-11-20)35-23(18-38)14-19-6-2-1-3-7-19/h1-9,17,20,22-23,35,38H,10-16,18H2,(H2,32,33,34,36)/t20-,22-,23-/m0/s1. The fourth-order valence-corrected chi connectivity index (χ4v) is 4.96. The highest BCUT2D eigenvalue weighted by atomic mass is 19.4. The van der Waals surface area contributed by atoms with Gasteiger partial charge in [0, 0.05) is 30.7 Å². The van der Waals surface area contributed by atoms with Gasteiger partial charge in [0.15, 0.2) is 0 Å². The number of halogens is 3. The molecule has 4 rings (SSSR count). The zero-order chi connectivity index (χ0) is 29.2. The van der Waals surface area contributed by atoms with Crippen molar-refractivity contribution in [2.24, 2.45) is 5.92 Å². The molecule has 0 radical (unpaired) electrons. The number of hydrogen-bond donors (Lipinski definition) is 4. The lowest BCUT2D eigenvalue weighted by Gasteiger charge is -2.32. The molecule has 1 aliphatic rings. The van der Waals surface area contributed by atoms with Crippen molar-refractivity contribution >= 4 is 17.5 Å². The van der Waals surface area contributed by atoms with E-state index in [2.05, 4.69) is 30.7 Å². The van der Waals surface area contributed by atoms with Gasteiger partial charge in [0.25, 0.3) is 0 Å². The Morgan fingerprint density at radius 2 is 1.76 bits per heavy atom. The summed E-state index contributed by atoms with van der Waals surface area (Å²) in [6.07, 6.45) is 0.592. The van der Waals surface area contributed by atoms with Crippen molar-refractivity contribution < 1.29 is 27.9 Å². The van der Waals surface area contributed by atoms with Gasteiger partial charge >= 0.3 is 12.0 Å². The number of rotatable bonds is 13. The first-order valence-corrected chi connectivity index (χ1v) is 13.4. The molecule has 0 saturated heterocycles. The molecule has 0 unspecified atom stereocenters. The first-order valence-electron chi connectivity index (χ1n) is 13.4. The monoisotopic (exact) mass is 574 g/mol. The molecule has 13 heteroatoms. The van der Waals surface area contributed by atoms with Crippen molar-refractivity contribution in [1.29, 1.82) is 0 Å². The molecule has 0 bridgehead atoms. The molecule has 1 saturated carbocycles. The van der Waals surface area contributed by atoms with E-state index in [1.54, 1.807) is 6.07 Å². The molecule has 1 heterocycles. The average molecular weight is 575 g/mol. The zero-order valence-electron chi connectivity index (χ0n) is 22.3. The molecule has 0 amide bonds. The Morgan fingerprint density at radius 1 is 1.05 bits per heavy atom. The Balaban J connectivity index is 1.30. The first-order chi connectivity index (χ1) is 19.7. The predicted molar refractivity (Wildman–Crippen MR) is 148 cm³/mol. The number of alkyl halides is 3. The molecule has 41 heavy (non-hydrogen) atoms. The number of anilines is 2. The number of nitrogens with zero attached hydrogens (tertiary/aromatic N) is 3. The minimum absolute atomic E-state index is 0.0290. The van der Waals surface area contributed by atoms with Gasteiger partial charge in [-0.1, -0.05) is 48.5 Å². The van der Waals surface area contributed by atoms with Gasteiger partial charge in [-0.25, -0.2) is 4.98 Å². The first kappa shape index (κ1) is 30.0. The van der Waals surface area contributed by atoms with Crippen molar-refractivity contribution in [3.63, 3.8) is 0 Å². The van der Waals surface area contributed by atoms with Crippen molar-refractivity contribution in [1.82, 2.24) is 15.3 Å². The predicted octanol–water partition coefficient (Wildman–Crippen LogP) is 5.06. The summed E-state index contributed by atoms with van der Waals surface area (Å²) in [6.45, 7) is 0.435. The van der Waals surface area contributed by atoms with E-state index >= 15 is 0 Å². The van der Waals surface area contributed by atoms with E-state index in [9.17, 15) is 28.4 Å². The number of nitrogens with one attached hydrogen (secondary N) is 3. The fraction of sp³-hybridized carbons (Fsp3) is 0.429. The fourth-order valence-electron chi connectivity index (χ4n) is 4.96. The van der Waals surface area contributed by atoms with E-state index in [-0.39, 0.29) is 59.9 Å². The average Bonchev–Trinajstić information content (AvgIpc) is 2.95. The second-order valence-corrected chi connectivity index (χ2v) is 10.0. The summed E-state index contributed by atoms with van der Waals surface area (Å²) in [7, 11) is 0. The lowest BCUT2D eigenvalue weighted by molar-refractivity contribution is -0.384. The molecule has 1 fully saturated rings. The van der Waals surface area contributed by atoms with Crippen LogP contribution in [0.15, 0.2) is 60.8 Å². The van der Waals surface area contributed by atoms with Crippen LogP contribution >= 0.6 is 0 Å². The molecule has 1 aromatic heterocycles. The number of aromatic nitrogens is 2. The van der Waals surface area contributed by atoms with E-state index in [0.717, 1.165) is 43.9 Å². The van der Waals surface area contributed by atoms with Crippen LogP contribution in [-0.2, 0) is 13.0 Å². The summed E-state index contributed by atoms with van der Waals surface area (Å²) in [4.78, 5) is 19.2. The number of benzene rings is 2. The topological polar surface area (TPSA) is 134 Å².